The number of ether oxygens (including phenoxy) is 1. The zero-order valence-corrected chi connectivity index (χ0v) is 16.2. The highest BCUT2D eigenvalue weighted by atomic mass is 16.6. The van der Waals surface area contributed by atoms with Gasteiger partial charge in [0.15, 0.2) is 16.9 Å². The Hall–Kier alpha value is -3.96. The number of para-hydroxylation sites is 2. The molecular formula is C17H19N7O5. The van der Waals surface area contributed by atoms with Gasteiger partial charge < -0.3 is 9.30 Å². The molecule has 1 aromatic carbocycles. The van der Waals surface area contributed by atoms with Gasteiger partial charge in [0, 0.05) is 27.2 Å². The molecule has 0 atom stereocenters. The first kappa shape index (κ1) is 19.8. The third-order valence-electron chi connectivity index (χ3n) is 4.32. The highest BCUT2D eigenvalue weighted by molar-refractivity contribution is 5.84. The number of nitro benzene ring substituents is 1. The number of nitrogens with zero attached hydrogens (tertiary/aromatic N) is 6. The Morgan fingerprint density at radius 3 is 2.59 bits per heavy atom. The molecule has 3 aromatic rings. The summed E-state index contributed by atoms with van der Waals surface area (Å²) < 4.78 is 9.24. The smallest absolute Gasteiger partial charge is 0.332 e. The average Bonchev–Trinajstić information content (AvgIpc) is 3.04. The number of imidazole rings is 1. The fraction of sp³-hybridized carbons (Fsp3) is 0.294. The van der Waals surface area contributed by atoms with Gasteiger partial charge in [0.25, 0.3) is 5.56 Å². The lowest BCUT2D eigenvalue weighted by Crippen LogP contribution is -2.37. The molecule has 0 saturated heterocycles. The summed E-state index contributed by atoms with van der Waals surface area (Å²) in [5, 5.41) is 15.2. The number of nitro groups is 1. The molecule has 12 nitrogen and oxygen atoms in total. The Balaban J connectivity index is 1.82. The summed E-state index contributed by atoms with van der Waals surface area (Å²) in [5.41, 5.74) is 2.61. The number of fused-ring (bicyclic) bond motifs is 1. The predicted molar refractivity (Wildman–Crippen MR) is 107 cm³/mol. The highest BCUT2D eigenvalue weighted by Gasteiger charge is 2.17. The maximum Gasteiger partial charge on any atom is 0.332 e. The molecule has 0 aliphatic heterocycles. The molecule has 0 aliphatic rings. The molecule has 3 rings (SSSR count). The molecule has 12 heteroatoms. The monoisotopic (exact) mass is 401 g/mol. The van der Waals surface area contributed by atoms with Gasteiger partial charge in [-0.25, -0.2) is 10.2 Å². The second-order valence-electron chi connectivity index (χ2n) is 6.34. The normalized spacial score (nSPS) is 11.7. The Kier molecular flexibility index (Phi) is 5.17. The van der Waals surface area contributed by atoms with Crippen molar-refractivity contribution >= 4 is 28.5 Å². The summed E-state index contributed by atoms with van der Waals surface area (Å²) >= 11 is 0. The summed E-state index contributed by atoms with van der Waals surface area (Å²) in [7, 11) is 4.54. The fourth-order valence-electron chi connectivity index (χ4n) is 2.71. The van der Waals surface area contributed by atoms with Crippen LogP contribution in [0.5, 0.6) is 5.75 Å². The van der Waals surface area contributed by atoms with Gasteiger partial charge in [-0.05, 0) is 13.0 Å². The Morgan fingerprint density at radius 1 is 1.21 bits per heavy atom. The van der Waals surface area contributed by atoms with Crippen molar-refractivity contribution in [3.63, 3.8) is 0 Å². The maximum atomic E-state index is 12.4. The minimum absolute atomic E-state index is 0.00203. The van der Waals surface area contributed by atoms with Crippen molar-refractivity contribution in [2.45, 2.75) is 6.92 Å². The Labute approximate surface area is 163 Å². The van der Waals surface area contributed by atoms with Crippen LogP contribution in [0.4, 0.5) is 11.6 Å². The standard InChI is InChI=1S/C17H19N7O5/c1-10(9-29-12-8-6-5-7-11(12)24(27)28)19-20-16-18-14-13(21(16)2)15(25)23(4)17(26)22(14)3/h5-8H,9H2,1-4H3,(H,18,20)/b19-10+. The van der Waals surface area contributed by atoms with Crippen molar-refractivity contribution in [1.29, 1.82) is 0 Å². The number of anilines is 1. The number of hydrogen-bond acceptors (Lipinski definition) is 8. The number of nitrogens with one attached hydrogen (secondary N) is 1. The first-order valence-electron chi connectivity index (χ1n) is 8.50. The van der Waals surface area contributed by atoms with Crippen molar-refractivity contribution in [2.75, 3.05) is 12.0 Å². The minimum atomic E-state index is -0.524. The van der Waals surface area contributed by atoms with Crippen LogP contribution >= 0.6 is 0 Å². The lowest BCUT2D eigenvalue weighted by Gasteiger charge is -2.07. The summed E-state index contributed by atoms with van der Waals surface area (Å²) in [5.74, 6) is 0.386. The zero-order valence-electron chi connectivity index (χ0n) is 16.2. The van der Waals surface area contributed by atoms with E-state index in [0.29, 0.717) is 5.71 Å². The Bertz CT molecular complexity index is 1250. The van der Waals surface area contributed by atoms with E-state index in [2.05, 4.69) is 15.5 Å². The number of benzene rings is 1. The van der Waals surface area contributed by atoms with E-state index >= 15 is 0 Å². The number of aryl methyl sites for hydroxylation is 2. The molecule has 0 amide bonds. The zero-order chi connectivity index (χ0) is 21.3. The quantitative estimate of drug-likeness (QED) is 0.365. The summed E-state index contributed by atoms with van der Waals surface area (Å²) in [6.07, 6.45) is 0. The van der Waals surface area contributed by atoms with E-state index in [1.54, 1.807) is 26.1 Å². The van der Waals surface area contributed by atoms with E-state index in [9.17, 15) is 19.7 Å². The maximum absolute atomic E-state index is 12.4. The predicted octanol–water partition coefficient (Wildman–Crippen LogP) is 0.746. The number of hydrazone groups is 1. The van der Waals surface area contributed by atoms with Crippen molar-refractivity contribution < 1.29 is 9.66 Å². The van der Waals surface area contributed by atoms with Crippen LogP contribution in [0.1, 0.15) is 6.92 Å². The largest absolute Gasteiger partial charge is 0.481 e. The van der Waals surface area contributed by atoms with Crippen LogP contribution in [0.25, 0.3) is 11.2 Å². The third-order valence-corrected chi connectivity index (χ3v) is 4.32. The molecule has 152 valence electrons. The summed E-state index contributed by atoms with van der Waals surface area (Å²) in [6.45, 7) is 1.67. The van der Waals surface area contributed by atoms with E-state index in [-0.39, 0.29) is 35.2 Å². The topological polar surface area (TPSA) is 139 Å². The average molecular weight is 401 g/mol. The second-order valence-corrected chi connectivity index (χ2v) is 6.34. The third kappa shape index (κ3) is 3.59. The molecule has 2 aromatic heterocycles. The van der Waals surface area contributed by atoms with Crippen LogP contribution in [-0.4, -0.2) is 35.9 Å². The van der Waals surface area contributed by atoms with Gasteiger partial charge in [-0.1, -0.05) is 12.1 Å². The van der Waals surface area contributed by atoms with Crippen molar-refractivity contribution in [3.8, 4) is 5.75 Å². The fourth-order valence-corrected chi connectivity index (χ4v) is 2.71. The number of rotatable bonds is 6. The summed E-state index contributed by atoms with van der Waals surface area (Å²) in [4.78, 5) is 39.2. The van der Waals surface area contributed by atoms with Crippen molar-refractivity contribution in [2.24, 2.45) is 26.2 Å². The molecular weight excluding hydrogens is 382 g/mol. The Morgan fingerprint density at radius 2 is 1.90 bits per heavy atom. The lowest BCUT2D eigenvalue weighted by atomic mass is 10.3. The lowest BCUT2D eigenvalue weighted by molar-refractivity contribution is -0.385. The molecule has 0 aliphatic carbocycles. The van der Waals surface area contributed by atoms with Gasteiger partial charge >= 0.3 is 11.4 Å². The van der Waals surface area contributed by atoms with Crippen LogP contribution in [0, 0.1) is 10.1 Å². The molecule has 0 spiro atoms. The molecule has 0 saturated carbocycles. The molecule has 1 N–H and O–H groups in total. The minimum Gasteiger partial charge on any atom is -0.481 e. The van der Waals surface area contributed by atoms with Crippen molar-refractivity contribution in [1.82, 2.24) is 18.7 Å². The van der Waals surface area contributed by atoms with Gasteiger partial charge in [-0.3, -0.25) is 24.0 Å². The van der Waals surface area contributed by atoms with E-state index < -0.39 is 16.2 Å². The van der Waals surface area contributed by atoms with Crippen molar-refractivity contribution in [3.05, 3.63) is 55.2 Å². The molecule has 0 bridgehead atoms. The van der Waals surface area contributed by atoms with Crippen LogP contribution in [0.15, 0.2) is 39.0 Å². The van der Waals surface area contributed by atoms with Crippen LogP contribution in [-0.2, 0) is 21.1 Å². The van der Waals surface area contributed by atoms with Gasteiger partial charge in [0.1, 0.15) is 6.61 Å². The van der Waals surface area contributed by atoms with Gasteiger partial charge in [0.2, 0.25) is 5.95 Å². The van der Waals surface area contributed by atoms with Crippen LogP contribution in [0.2, 0.25) is 0 Å². The van der Waals surface area contributed by atoms with E-state index in [1.807, 2.05) is 0 Å². The molecule has 2 heterocycles. The second kappa shape index (κ2) is 7.58. The SMILES string of the molecule is C/C(COc1ccccc1[N+](=O)[O-])=N\Nc1nc2c(c(=O)n(C)c(=O)n2C)n1C. The van der Waals surface area contributed by atoms with E-state index in [1.165, 1.54) is 35.4 Å². The molecule has 0 fully saturated rings. The van der Waals surface area contributed by atoms with Gasteiger partial charge in [-0.15, -0.1) is 0 Å². The number of hydrogen-bond donors (Lipinski definition) is 1. The van der Waals surface area contributed by atoms with Crippen LogP contribution in [0.3, 0.4) is 0 Å². The number of aromatic nitrogens is 4. The van der Waals surface area contributed by atoms with E-state index in [4.69, 9.17) is 4.74 Å². The molecule has 0 unspecified atom stereocenters. The van der Waals surface area contributed by atoms with Gasteiger partial charge in [-0.2, -0.15) is 10.1 Å². The van der Waals surface area contributed by atoms with Gasteiger partial charge in [0.05, 0.1) is 10.6 Å². The summed E-state index contributed by atoms with van der Waals surface area (Å²) in [6, 6.07) is 6.04. The highest BCUT2D eigenvalue weighted by Crippen LogP contribution is 2.25. The first-order valence-corrected chi connectivity index (χ1v) is 8.50. The molecule has 29 heavy (non-hydrogen) atoms. The van der Waals surface area contributed by atoms with E-state index in [0.717, 1.165) is 4.57 Å². The van der Waals surface area contributed by atoms with Crippen LogP contribution < -0.4 is 21.4 Å². The first-order chi connectivity index (χ1) is 13.7. The molecule has 0 radical (unpaired) electrons.